The van der Waals surface area contributed by atoms with Crippen molar-refractivity contribution in [1.29, 1.82) is 0 Å². The molecule has 1 aliphatic heterocycles. The molecule has 0 radical (unpaired) electrons. The van der Waals surface area contributed by atoms with E-state index in [1.807, 2.05) is 11.8 Å². The number of methoxy groups -OCH3 is 1. The number of carbonyl (C=O) groups excluding carboxylic acids is 2. The van der Waals surface area contributed by atoms with Crippen LogP contribution in [0.5, 0.6) is 0 Å². The molecule has 21 heavy (non-hydrogen) atoms. The normalized spacial score (nSPS) is 27.5. The van der Waals surface area contributed by atoms with Crippen molar-refractivity contribution in [3.8, 4) is 0 Å². The molecule has 2 amide bonds. The van der Waals surface area contributed by atoms with E-state index in [2.05, 4.69) is 19.2 Å². The zero-order valence-corrected chi connectivity index (χ0v) is 13.7. The highest BCUT2D eigenvalue weighted by molar-refractivity contribution is 5.93. The van der Waals surface area contributed by atoms with Crippen LogP contribution in [0.25, 0.3) is 0 Å². The number of hydrogen-bond acceptors (Lipinski definition) is 3. The monoisotopic (exact) mass is 296 g/mol. The highest BCUT2D eigenvalue weighted by atomic mass is 16.5. The first-order valence-corrected chi connectivity index (χ1v) is 7.88. The molecule has 1 saturated carbocycles. The van der Waals surface area contributed by atoms with Crippen LogP contribution in [0.15, 0.2) is 0 Å². The minimum atomic E-state index is -0.703. The summed E-state index contributed by atoms with van der Waals surface area (Å²) >= 11 is 0. The fourth-order valence-corrected chi connectivity index (χ4v) is 3.13. The second-order valence-corrected chi connectivity index (χ2v) is 7.41. The largest absolute Gasteiger partial charge is 0.385 e. The molecule has 0 spiro atoms. The second-order valence-electron chi connectivity index (χ2n) is 7.41. The Hall–Kier alpha value is -1.10. The van der Waals surface area contributed by atoms with Gasteiger partial charge >= 0.3 is 0 Å². The third-order valence-electron chi connectivity index (χ3n) is 4.74. The van der Waals surface area contributed by atoms with E-state index in [0.717, 1.165) is 19.3 Å². The Labute approximate surface area is 127 Å². The standard InChI is InChI=1S/C16H28N2O3/c1-15(2,8-10-21-4)11-18-9-7-13(19)17-16(3,14(18)20)12-5-6-12/h12H,5-11H2,1-4H3,(H,17,19). The Morgan fingerprint density at radius 1 is 1.38 bits per heavy atom. The first-order chi connectivity index (χ1) is 9.78. The number of nitrogens with one attached hydrogen (secondary N) is 1. The van der Waals surface area contributed by atoms with Crippen LogP contribution in [0.2, 0.25) is 0 Å². The number of amides is 2. The summed E-state index contributed by atoms with van der Waals surface area (Å²) in [6, 6.07) is 0. The number of carbonyl (C=O) groups is 2. The average Bonchev–Trinajstić information content (AvgIpc) is 3.24. The highest BCUT2D eigenvalue weighted by Gasteiger charge is 2.51. The highest BCUT2D eigenvalue weighted by Crippen LogP contribution is 2.41. The quantitative estimate of drug-likeness (QED) is 0.809. The molecule has 1 atom stereocenters. The average molecular weight is 296 g/mol. The molecule has 0 bridgehead atoms. The van der Waals surface area contributed by atoms with Crippen LogP contribution in [0, 0.1) is 11.3 Å². The number of hydrogen-bond donors (Lipinski definition) is 1. The molecule has 0 aromatic heterocycles. The summed E-state index contributed by atoms with van der Waals surface area (Å²) in [5, 5.41) is 2.97. The molecule has 0 aromatic carbocycles. The second kappa shape index (κ2) is 5.95. The van der Waals surface area contributed by atoms with Gasteiger partial charge in [0.25, 0.3) is 0 Å². The summed E-state index contributed by atoms with van der Waals surface area (Å²) in [6.07, 6.45) is 3.36. The lowest BCUT2D eigenvalue weighted by molar-refractivity contribution is -0.140. The Morgan fingerprint density at radius 3 is 2.62 bits per heavy atom. The predicted octanol–water partition coefficient (Wildman–Crippen LogP) is 1.57. The van der Waals surface area contributed by atoms with Crippen molar-refractivity contribution < 1.29 is 14.3 Å². The SMILES string of the molecule is COCCC(C)(C)CN1CCC(=O)NC(C)(C2CC2)C1=O. The van der Waals surface area contributed by atoms with Gasteiger partial charge < -0.3 is 15.0 Å². The van der Waals surface area contributed by atoms with Gasteiger partial charge in [-0.3, -0.25) is 9.59 Å². The topological polar surface area (TPSA) is 58.6 Å². The summed E-state index contributed by atoms with van der Waals surface area (Å²) in [5.41, 5.74) is -0.714. The van der Waals surface area contributed by atoms with Gasteiger partial charge in [0.15, 0.2) is 0 Å². The van der Waals surface area contributed by atoms with Crippen molar-refractivity contribution in [3.05, 3.63) is 0 Å². The lowest BCUT2D eigenvalue weighted by Crippen LogP contribution is -2.57. The van der Waals surface area contributed by atoms with Gasteiger partial charge in [-0.1, -0.05) is 13.8 Å². The van der Waals surface area contributed by atoms with Crippen LogP contribution in [-0.4, -0.2) is 49.1 Å². The van der Waals surface area contributed by atoms with Crippen LogP contribution < -0.4 is 5.32 Å². The van der Waals surface area contributed by atoms with Crippen molar-refractivity contribution in [2.45, 2.75) is 52.0 Å². The van der Waals surface area contributed by atoms with Gasteiger partial charge in [-0.05, 0) is 37.5 Å². The maximum atomic E-state index is 12.9. The summed E-state index contributed by atoms with van der Waals surface area (Å²) in [6.45, 7) is 8.06. The van der Waals surface area contributed by atoms with Crippen molar-refractivity contribution in [1.82, 2.24) is 10.2 Å². The van der Waals surface area contributed by atoms with Gasteiger partial charge in [-0.2, -0.15) is 0 Å². The fourth-order valence-electron chi connectivity index (χ4n) is 3.13. The minimum Gasteiger partial charge on any atom is -0.385 e. The van der Waals surface area contributed by atoms with Gasteiger partial charge in [-0.25, -0.2) is 0 Å². The van der Waals surface area contributed by atoms with E-state index in [1.165, 1.54) is 0 Å². The van der Waals surface area contributed by atoms with E-state index in [1.54, 1.807) is 7.11 Å². The Bertz CT molecular complexity index is 418. The first kappa shape index (κ1) is 16.3. The minimum absolute atomic E-state index is 0.00468. The van der Waals surface area contributed by atoms with Crippen molar-refractivity contribution in [3.63, 3.8) is 0 Å². The Kier molecular flexibility index (Phi) is 4.61. The number of rotatable bonds is 6. The van der Waals surface area contributed by atoms with Crippen LogP contribution in [0.4, 0.5) is 0 Å². The van der Waals surface area contributed by atoms with Gasteiger partial charge in [0.2, 0.25) is 11.8 Å². The Morgan fingerprint density at radius 2 is 2.05 bits per heavy atom. The molecule has 2 fully saturated rings. The third kappa shape index (κ3) is 3.76. The molecule has 2 aliphatic rings. The summed E-state index contributed by atoms with van der Waals surface area (Å²) in [5.74, 6) is 0.382. The van der Waals surface area contributed by atoms with E-state index in [0.29, 0.717) is 32.0 Å². The van der Waals surface area contributed by atoms with E-state index in [-0.39, 0.29) is 17.2 Å². The van der Waals surface area contributed by atoms with Crippen molar-refractivity contribution in [2.24, 2.45) is 11.3 Å². The van der Waals surface area contributed by atoms with Gasteiger partial charge in [0.1, 0.15) is 5.54 Å². The van der Waals surface area contributed by atoms with E-state index < -0.39 is 5.54 Å². The number of ether oxygens (including phenoxy) is 1. The van der Waals surface area contributed by atoms with Crippen LogP contribution in [0.3, 0.4) is 0 Å². The molecule has 1 saturated heterocycles. The van der Waals surface area contributed by atoms with E-state index in [9.17, 15) is 9.59 Å². The van der Waals surface area contributed by atoms with Gasteiger partial charge in [-0.15, -0.1) is 0 Å². The van der Waals surface area contributed by atoms with E-state index in [4.69, 9.17) is 4.74 Å². The molecule has 5 nitrogen and oxygen atoms in total. The molecule has 0 aromatic rings. The first-order valence-electron chi connectivity index (χ1n) is 7.88. The molecular formula is C16H28N2O3. The molecule has 2 rings (SSSR count). The number of nitrogens with zero attached hydrogens (tertiary/aromatic N) is 1. The van der Waals surface area contributed by atoms with E-state index >= 15 is 0 Å². The molecule has 5 heteroatoms. The molecule has 1 N–H and O–H groups in total. The van der Waals surface area contributed by atoms with Gasteiger partial charge in [0.05, 0.1) is 0 Å². The summed E-state index contributed by atoms with van der Waals surface area (Å²) in [7, 11) is 1.69. The van der Waals surface area contributed by atoms with Crippen LogP contribution in [-0.2, 0) is 14.3 Å². The lowest BCUT2D eigenvalue weighted by Gasteiger charge is -2.36. The summed E-state index contributed by atoms with van der Waals surface area (Å²) in [4.78, 5) is 26.8. The zero-order chi connectivity index (χ0) is 15.7. The van der Waals surface area contributed by atoms with Crippen molar-refractivity contribution in [2.75, 3.05) is 26.8 Å². The maximum absolute atomic E-state index is 12.9. The molecule has 1 unspecified atom stereocenters. The fraction of sp³-hybridized carbons (Fsp3) is 0.875. The third-order valence-corrected chi connectivity index (χ3v) is 4.74. The van der Waals surface area contributed by atoms with Gasteiger partial charge in [0, 0.05) is 33.2 Å². The van der Waals surface area contributed by atoms with Crippen LogP contribution in [0.1, 0.15) is 46.5 Å². The maximum Gasteiger partial charge on any atom is 0.248 e. The smallest absolute Gasteiger partial charge is 0.248 e. The Balaban J connectivity index is 2.10. The zero-order valence-electron chi connectivity index (χ0n) is 13.7. The molecule has 120 valence electrons. The molecule has 1 heterocycles. The summed E-state index contributed by atoms with van der Waals surface area (Å²) < 4.78 is 5.15. The van der Waals surface area contributed by atoms with Crippen LogP contribution >= 0.6 is 0 Å². The predicted molar refractivity (Wildman–Crippen MR) is 80.7 cm³/mol. The molecule has 1 aliphatic carbocycles. The molecular weight excluding hydrogens is 268 g/mol. The lowest BCUT2D eigenvalue weighted by atomic mass is 9.87. The van der Waals surface area contributed by atoms with Crippen molar-refractivity contribution >= 4 is 11.8 Å².